The minimum Gasteiger partial charge on any atom is -0.478 e. The molecule has 194 valence electrons. The maximum Gasteiger partial charge on any atom is 0.416 e. The van der Waals surface area contributed by atoms with E-state index in [2.05, 4.69) is 10.2 Å². The molecule has 0 fully saturated rings. The van der Waals surface area contributed by atoms with Crippen molar-refractivity contribution < 1.29 is 37.3 Å². The first-order valence-electron chi connectivity index (χ1n) is 10.8. The van der Waals surface area contributed by atoms with Gasteiger partial charge < -0.3 is 19.3 Å². The molecule has 0 aliphatic heterocycles. The number of aryl methyl sites for hydroxylation is 1. The van der Waals surface area contributed by atoms with E-state index in [4.69, 9.17) is 14.2 Å². The Kier molecular flexibility index (Phi) is 7.77. The van der Waals surface area contributed by atoms with Crippen molar-refractivity contribution in [2.24, 2.45) is 0 Å². The maximum absolute atomic E-state index is 13.1. The molecule has 0 aliphatic carbocycles. The Hall–Kier alpha value is -3.80. The maximum atomic E-state index is 13.1. The smallest absolute Gasteiger partial charge is 0.416 e. The molecule has 2 aromatic carbocycles. The molecule has 0 aliphatic rings. The van der Waals surface area contributed by atoms with Gasteiger partial charge in [0.25, 0.3) is 0 Å². The van der Waals surface area contributed by atoms with Crippen molar-refractivity contribution >= 4 is 5.97 Å². The summed E-state index contributed by atoms with van der Waals surface area (Å²) in [6.45, 7) is 4.85. The Morgan fingerprint density at radius 1 is 1.17 bits per heavy atom. The average molecular weight is 509 g/mol. The Labute approximate surface area is 204 Å². The van der Waals surface area contributed by atoms with Crippen LogP contribution in [0.1, 0.15) is 42.5 Å². The van der Waals surface area contributed by atoms with Crippen LogP contribution >= 0.6 is 0 Å². The van der Waals surface area contributed by atoms with Crippen molar-refractivity contribution in [3.63, 3.8) is 0 Å². The lowest BCUT2D eigenvalue weighted by molar-refractivity contribution is -0.152. The van der Waals surface area contributed by atoms with Crippen LogP contribution in [0.4, 0.5) is 13.2 Å². The fourth-order valence-electron chi connectivity index (χ4n) is 3.31. The number of hydrogen-bond acceptors (Lipinski definition) is 6. The summed E-state index contributed by atoms with van der Waals surface area (Å²) in [6.07, 6.45) is -5.57. The van der Waals surface area contributed by atoms with Crippen molar-refractivity contribution in [3.05, 3.63) is 75.5 Å². The standard InChI is InChI=1S/C24H26F3N3O6/c1-14-13-17(9-10-18(14)36-23(2,3)21(31)32)35-19(15-5-7-16(8-6-15)24(25,26)27)20-28-29-22(33)30(20)11-12-34-4/h5-10,13,19H,11-12H2,1-4H3,(H,29,33)(H,31,32). The van der Waals surface area contributed by atoms with E-state index >= 15 is 0 Å². The molecule has 1 heterocycles. The third-order valence-corrected chi connectivity index (χ3v) is 5.36. The van der Waals surface area contributed by atoms with Crippen LogP contribution in [0.2, 0.25) is 0 Å². The number of aromatic nitrogens is 3. The number of aliphatic carboxylic acids is 1. The van der Waals surface area contributed by atoms with E-state index in [1.165, 1.54) is 49.8 Å². The molecule has 3 aromatic rings. The van der Waals surface area contributed by atoms with Gasteiger partial charge in [-0.05, 0) is 56.7 Å². The fourth-order valence-corrected chi connectivity index (χ4v) is 3.31. The summed E-state index contributed by atoms with van der Waals surface area (Å²) in [4.78, 5) is 23.7. The van der Waals surface area contributed by atoms with Gasteiger partial charge in [0.05, 0.1) is 18.7 Å². The van der Waals surface area contributed by atoms with Gasteiger partial charge in [0.15, 0.2) is 17.5 Å². The number of hydrogen-bond donors (Lipinski definition) is 2. The lowest BCUT2D eigenvalue weighted by atomic mass is 10.1. The molecule has 1 unspecified atom stereocenters. The number of H-pyrrole nitrogens is 1. The Bertz CT molecular complexity index is 1270. The molecule has 2 N–H and O–H groups in total. The highest BCUT2D eigenvalue weighted by Gasteiger charge is 2.32. The van der Waals surface area contributed by atoms with Crippen molar-refractivity contribution in [3.8, 4) is 11.5 Å². The summed E-state index contributed by atoms with van der Waals surface area (Å²) in [5.41, 5.74) is -1.94. The summed E-state index contributed by atoms with van der Waals surface area (Å²) in [5.74, 6) is -0.386. The largest absolute Gasteiger partial charge is 0.478 e. The fraction of sp³-hybridized carbons (Fsp3) is 0.375. The van der Waals surface area contributed by atoms with E-state index in [9.17, 15) is 27.9 Å². The molecule has 1 aromatic heterocycles. The molecule has 0 radical (unpaired) electrons. The van der Waals surface area contributed by atoms with Crippen LogP contribution in [0.5, 0.6) is 11.5 Å². The van der Waals surface area contributed by atoms with Gasteiger partial charge in [0.1, 0.15) is 11.5 Å². The molecule has 9 nitrogen and oxygen atoms in total. The van der Waals surface area contributed by atoms with Crippen LogP contribution in [0.3, 0.4) is 0 Å². The van der Waals surface area contributed by atoms with Gasteiger partial charge in [0, 0.05) is 12.7 Å². The highest BCUT2D eigenvalue weighted by atomic mass is 19.4. The van der Waals surface area contributed by atoms with E-state index in [1.54, 1.807) is 13.0 Å². The predicted molar refractivity (Wildman–Crippen MR) is 122 cm³/mol. The number of nitrogens with zero attached hydrogens (tertiary/aromatic N) is 2. The SMILES string of the molecule is COCCn1c(C(Oc2ccc(OC(C)(C)C(=O)O)c(C)c2)c2ccc(C(F)(F)F)cc2)n[nH]c1=O. The first-order valence-corrected chi connectivity index (χ1v) is 10.8. The normalized spacial score (nSPS) is 12.9. The number of benzene rings is 2. The van der Waals surface area contributed by atoms with Gasteiger partial charge in [0.2, 0.25) is 0 Å². The van der Waals surface area contributed by atoms with E-state index in [0.717, 1.165) is 12.1 Å². The molecule has 0 amide bonds. The molecule has 0 bridgehead atoms. The molecule has 0 saturated carbocycles. The van der Waals surface area contributed by atoms with Gasteiger partial charge in [-0.3, -0.25) is 4.57 Å². The number of nitrogens with one attached hydrogen (secondary N) is 1. The van der Waals surface area contributed by atoms with Crippen LogP contribution < -0.4 is 15.2 Å². The monoisotopic (exact) mass is 509 g/mol. The van der Waals surface area contributed by atoms with Gasteiger partial charge in [-0.2, -0.15) is 18.3 Å². The molecule has 3 rings (SSSR count). The third kappa shape index (κ3) is 6.06. The molecular formula is C24H26F3N3O6. The zero-order chi connectivity index (χ0) is 26.7. The first kappa shape index (κ1) is 26.8. The lowest BCUT2D eigenvalue weighted by Gasteiger charge is -2.24. The van der Waals surface area contributed by atoms with Crippen molar-refractivity contribution in [2.45, 2.75) is 45.2 Å². The summed E-state index contributed by atoms with van der Waals surface area (Å²) < 4.78 is 57.3. The molecule has 36 heavy (non-hydrogen) atoms. The van der Waals surface area contributed by atoms with Crippen molar-refractivity contribution in [1.29, 1.82) is 0 Å². The van der Waals surface area contributed by atoms with E-state index in [0.29, 0.717) is 22.6 Å². The topological polar surface area (TPSA) is 116 Å². The van der Waals surface area contributed by atoms with Crippen LogP contribution in [0, 0.1) is 6.92 Å². The van der Waals surface area contributed by atoms with Gasteiger partial charge in [-0.15, -0.1) is 0 Å². The van der Waals surface area contributed by atoms with Gasteiger partial charge in [-0.25, -0.2) is 14.7 Å². The third-order valence-electron chi connectivity index (χ3n) is 5.36. The summed E-state index contributed by atoms with van der Waals surface area (Å²) >= 11 is 0. The van der Waals surface area contributed by atoms with Gasteiger partial charge in [-0.1, -0.05) is 12.1 Å². The minimum atomic E-state index is -4.52. The number of alkyl halides is 3. The second kappa shape index (κ2) is 10.4. The highest BCUT2D eigenvalue weighted by molar-refractivity contribution is 5.76. The van der Waals surface area contributed by atoms with Gasteiger partial charge >= 0.3 is 17.8 Å². The number of carbonyl (C=O) groups is 1. The van der Waals surface area contributed by atoms with Crippen LogP contribution in [-0.2, 0) is 22.3 Å². The molecule has 0 spiro atoms. The molecular weight excluding hydrogens is 483 g/mol. The quantitative estimate of drug-likeness (QED) is 0.425. The summed E-state index contributed by atoms with van der Waals surface area (Å²) in [7, 11) is 1.46. The number of halogens is 3. The number of methoxy groups -OCH3 is 1. The summed E-state index contributed by atoms with van der Waals surface area (Å²) in [6, 6.07) is 9.01. The zero-order valence-electron chi connectivity index (χ0n) is 20.0. The Morgan fingerprint density at radius 2 is 1.83 bits per heavy atom. The van der Waals surface area contributed by atoms with Crippen LogP contribution in [0.25, 0.3) is 0 Å². The second-order valence-electron chi connectivity index (χ2n) is 8.49. The highest BCUT2D eigenvalue weighted by Crippen LogP contribution is 2.34. The Morgan fingerprint density at radius 3 is 2.39 bits per heavy atom. The first-order chi connectivity index (χ1) is 16.8. The number of carboxylic acid groups (broad SMARTS) is 1. The van der Waals surface area contributed by atoms with E-state index in [-0.39, 0.29) is 19.0 Å². The minimum absolute atomic E-state index is 0.137. The zero-order valence-corrected chi connectivity index (χ0v) is 20.0. The second-order valence-corrected chi connectivity index (χ2v) is 8.49. The van der Waals surface area contributed by atoms with E-state index in [1.807, 2.05) is 0 Å². The number of carboxylic acids is 1. The molecule has 12 heteroatoms. The molecule has 0 saturated heterocycles. The van der Waals surface area contributed by atoms with E-state index < -0.39 is 35.1 Å². The summed E-state index contributed by atoms with van der Waals surface area (Å²) in [5, 5.41) is 15.7. The van der Waals surface area contributed by atoms with Crippen molar-refractivity contribution in [1.82, 2.24) is 14.8 Å². The predicted octanol–water partition coefficient (Wildman–Crippen LogP) is 3.96. The van der Waals surface area contributed by atoms with Crippen LogP contribution in [0.15, 0.2) is 47.3 Å². The Balaban J connectivity index is 2.00. The van der Waals surface area contributed by atoms with Crippen LogP contribution in [-0.4, -0.2) is 45.2 Å². The average Bonchev–Trinajstić information content (AvgIpc) is 3.17. The number of aromatic amines is 1. The molecule has 1 atom stereocenters. The lowest BCUT2D eigenvalue weighted by Crippen LogP contribution is -2.38. The number of ether oxygens (including phenoxy) is 3. The van der Waals surface area contributed by atoms with Crippen molar-refractivity contribution in [2.75, 3.05) is 13.7 Å². The number of rotatable bonds is 10.